The fraction of sp³-hybridized carbons (Fsp3) is 0.611. The van der Waals surface area contributed by atoms with E-state index in [2.05, 4.69) is 0 Å². The maximum absolute atomic E-state index is 13.0. The van der Waals surface area contributed by atoms with Crippen LogP contribution in [0.3, 0.4) is 0 Å². The van der Waals surface area contributed by atoms with Crippen LogP contribution in [0.2, 0.25) is 0 Å². The zero-order valence-electron chi connectivity index (χ0n) is 14.9. The molecule has 1 aliphatic carbocycles. The van der Waals surface area contributed by atoms with Crippen molar-refractivity contribution in [2.75, 3.05) is 44.3 Å². The Labute approximate surface area is 159 Å². The molecule has 0 unspecified atom stereocenters. The first-order chi connectivity index (χ1) is 12.5. The second kappa shape index (κ2) is 8.73. The van der Waals surface area contributed by atoms with Gasteiger partial charge in [0.25, 0.3) is 0 Å². The Balaban J connectivity index is 1.62. The largest absolute Gasteiger partial charge is 0.396 e. The standard InChI is InChI=1S/C18H26N2O4S2/c21-11-12-25-14-18(22)19-7-9-20(10-8-19)26(23,24)17-6-5-15-3-1-2-4-16(15)13-17/h5-6,13,21H,1-4,7-12,14H2. The molecule has 1 aromatic carbocycles. The van der Waals surface area contributed by atoms with Crippen molar-refractivity contribution in [2.45, 2.75) is 30.6 Å². The molecule has 0 saturated carbocycles. The third-order valence-corrected chi connectivity index (χ3v) is 7.83. The van der Waals surface area contributed by atoms with E-state index in [1.807, 2.05) is 12.1 Å². The van der Waals surface area contributed by atoms with Gasteiger partial charge in [-0.25, -0.2) is 8.42 Å². The molecular weight excluding hydrogens is 372 g/mol. The summed E-state index contributed by atoms with van der Waals surface area (Å²) >= 11 is 1.40. The molecule has 1 amide bonds. The van der Waals surface area contributed by atoms with Crippen LogP contribution in [-0.2, 0) is 27.7 Å². The highest BCUT2D eigenvalue weighted by Gasteiger charge is 2.30. The Hall–Kier alpha value is -1.09. The van der Waals surface area contributed by atoms with Gasteiger partial charge < -0.3 is 10.0 Å². The highest BCUT2D eigenvalue weighted by Crippen LogP contribution is 2.26. The number of sulfonamides is 1. The van der Waals surface area contributed by atoms with Gasteiger partial charge in [-0.15, -0.1) is 11.8 Å². The first-order valence-corrected chi connectivity index (χ1v) is 11.7. The van der Waals surface area contributed by atoms with Gasteiger partial charge in [-0.2, -0.15) is 4.31 Å². The van der Waals surface area contributed by atoms with Gasteiger partial charge in [0.1, 0.15) is 0 Å². The highest BCUT2D eigenvalue weighted by molar-refractivity contribution is 7.99. The summed E-state index contributed by atoms with van der Waals surface area (Å²) in [6.07, 6.45) is 4.27. The van der Waals surface area contributed by atoms with E-state index in [0.29, 0.717) is 42.6 Å². The van der Waals surface area contributed by atoms with Crippen LogP contribution in [0.25, 0.3) is 0 Å². The number of benzene rings is 1. The van der Waals surface area contributed by atoms with Gasteiger partial charge >= 0.3 is 0 Å². The number of hydrogen-bond donors (Lipinski definition) is 1. The van der Waals surface area contributed by atoms with Gasteiger partial charge in [0.2, 0.25) is 15.9 Å². The second-order valence-electron chi connectivity index (χ2n) is 6.70. The number of piperazine rings is 1. The lowest BCUT2D eigenvalue weighted by Gasteiger charge is -2.34. The Bertz CT molecular complexity index is 744. The number of rotatable bonds is 6. The highest BCUT2D eigenvalue weighted by atomic mass is 32.2. The lowest BCUT2D eigenvalue weighted by Crippen LogP contribution is -2.51. The van der Waals surface area contributed by atoms with E-state index in [4.69, 9.17) is 5.11 Å². The van der Waals surface area contributed by atoms with Crippen LogP contribution in [0.5, 0.6) is 0 Å². The molecule has 1 aromatic rings. The van der Waals surface area contributed by atoms with E-state index in [0.717, 1.165) is 24.8 Å². The predicted molar refractivity (Wildman–Crippen MR) is 103 cm³/mol. The van der Waals surface area contributed by atoms with Crippen molar-refractivity contribution >= 4 is 27.7 Å². The van der Waals surface area contributed by atoms with Crippen LogP contribution in [0.15, 0.2) is 23.1 Å². The number of nitrogens with zero attached hydrogens (tertiary/aromatic N) is 2. The monoisotopic (exact) mass is 398 g/mol. The van der Waals surface area contributed by atoms with Crippen LogP contribution in [0.1, 0.15) is 24.0 Å². The molecule has 1 heterocycles. The zero-order valence-corrected chi connectivity index (χ0v) is 16.5. The molecule has 3 rings (SSSR count). The molecule has 26 heavy (non-hydrogen) atoms. The van der Waals surface area contributed by atoms with Crippen LogP contribution >= 0.6 is 11.8 Å². The molecule has 0 aromatic heterocycles. The van der Waals surface area contributed by atoms with E-state index in [1.165, 1.54) is 28.1 Å². The minimum atomic E-state index is -3.51. The van der Waals surface area contributed by atoms with E-state index >= 15 is 0 Å². The van der Waals surface area contributed by atoms with Crippen molar-refractivity contribution < 1.29 is 18.3 Å². The summed E-state index contributed by atoms with van der Waals surface area (Å²) in [5.74, 6) is 0.880. The maximum atomic E-state index is 13.0. The molecule has 0 bridgehead atoms. The summed E-state index contributed by atoms with van der Waals surface area (Å²) in [5.41, 5.74) is 2.43. The number of aliphatic hydroxyl groups excluding tert-OH is 1. The van der Waals surface area contributed by atoms with Crippen molar-refractivity contribution in [1.82, 2.24) is 9.21 Å². The lowest BCUT2D eigenvalue weighted by atomic mass is 9.92. The molecule has 2 aliphatic rings. The average molecular weight is 399 g/mol. The number of amides is 1. The average Bonchev–Trinajstić information content (AvgIpc) is 2.67. The molecule has 1 fully saturated rings. The SMILES string of the molecule is O=C(CSCCO)N1CCN(S(=O)(=O)c2ccc3c(c2)CCCC3)CC1. The van der Waals surface area contributed by atoms with Crippen LogP contribution in [-0.4, -0.2) is 72.9 Å². The topological polar surface area (TPSA) is 77.9 Å². The third kappa shape index (κ3) is 4.42. The molecule has 1 N–H and O–H groups in total. The summed E-state index contributed by atoms with van der Waals surface area (Å²) < 4.78 is 27.4. The molecular formula is C18H26N2O4S2. The molecule has 0 radical (unpaired) electrons. The Morgan fingerprint density at radius 2 is 1.77 bits per heavy atom. The summed E-state index contributed by atoms with van der Waals surface area (Å²) in [6, 6.07) is 5.52. The normalized spacial score (nSPS) is 18.6. The molecule has 8 heteroatoms. The van der Waals surface area contributed by atoms with E-state index < -0.39 is 10.0 Å². The van der Waals surface area contributed by atoms with Crippen molar-refractivity contribution in [3.8, 4) is 0 Å². The maximum Gasteiger partial charge on any atom is 0.243 e. The van der Waals surface area contributed by atoms with Gasteiger partial charge in [-0.05, 0) is 48.9 Å². The lowest BCUT2D eigenvalue weighted by molar-refractivity contribution is -0.129. The fourth-order valence-corrected chi connectivity index (χ4v) is 5.62. The van der Waals surface area contributed by atoms with Crippen molar-refractivity contribution in [3.63, 3.8) is 0 Å². The zero-order chi connectivity index (χ0) is 18.6. The number of carbonyl (C=O) groups excluding carboxylic acids is 1. The summed E-state index contributed by atoms with van der Waals surface area (Å²) in [6.45, 7) is 1.56. The molecule has 0 atom stereocenters. The minimum absolute atomic E-state index is 0.00859. The summed E-state index contributed by atoms with van der Waals surface area (Å²) in [4.78, 5) is 14.2. The van der Waals surface area contributed by atoms with Crippen molar-refractivity contribution in [2.24, 2.45) is 0 Å². The smallest absolute Gasteiger partial charge is 0.243 e. The Kier molecular flexibility index (Phi) is 6.60. The van der Waals surface area contributed by atoms with Crippen LogP contribution < -0.4 is 0 Å². The first-order valence-electron chi connectivity index (χ1n) is 9.10. The predicted octanol–water partition coefficient (Wildman–Crippen LogP) is 1.12. The van der Waals surface area contributed by atoms with E-state index in [1.54, 1.807) is 11.0 Å². The second-order valence-corrected chi connectivity index (χ2v) is 9.74. The number of aryl methyl sites for hydroxylation is 2. The molecule has 1 saturated heterocycles. The molecule has 144 valence electrons. The molecule has 0 spiro atoms. The molecule has 6 nitrogen and oxygen atoms in total. The van der Waals surface area contributed by atoms with Gasteiger partial charge in [0.15, 0.2) is 0 Å². The third-order valence-electron chi connectivity index (χ3n) is 5.01. The summed E-state index contributed by atoms with van der Waals surface area (Å²) in [7, 11) is -3.51. The van der Waals surface area contributed by atoms with Crippen LogP contribution in [0.4, 0.5) is 0 Å². The van der Waals surface area contributed by atoms with Crippen molar-refractivity contribution in [1.29, 1.82) is 0 Å². The van der Waals surface area contributed by atoms with E-state index in [9.17, 15) is 13.2 Å². The first kappa shape index (κ1) is 19.7. The fourth-order valence-electron chi connectivity index (χ4n) is 3.51. The van der Waals surface area contributed by atoms with Gasteiger partial charge in [0.05, 0.1) is 17.3 Å². The molecule has 1 aliphatic heterocycles. The number of carbonyl (C=O) groups is 1. The van der Waals surface area contributed by atoms with Crippen molar-refractivity contribution in [3.05, 3.63) is 29.3 Å². The minimum Gasteiger partial charge on any atom is -0.396 e. The summed E-state index contributed by atoms with van der Waals surface area (Å²) in [5, 5.41) is 8.78. The van der Waals surface area contributed by atoms with Gasteiger partial charge in [-0.1, -0.05) is 6.07 Å². The van der Waals surface area contributed by atoms with Gasteiger partial charge in [-0.3, -0.25) is 4.79 Å². The van der Waals surface area contributed by atoms with Gasteiger partial charge in [0, 0.05) is 31.9 Å². The number of aliphatic hydroxyl groups is 1. The quantitative estimate of drug-likeness (QED) is 0.727. The van der Waals surface area contributed by atoms with E-state index in [-0.39, 0.29) is 12.5 Å². The Morgan fingerprint density at radius 1 is 1.08 bits per heavy atom. The number of thioether (sulfide) groups is 1. The number of hydrogen-bond acceptors (Lipinski definition) is 5. The van der Waals surface area contributed by atoms with Crippen LogP contribution in [0, 0.1) is 0 Å². The Morgan fingerprint density at radius 3 is 2.46 bits per heavy atom. The number of fused-ring (bicyclic) bond motifs is 1.